The average Bonchev–Trinajstić information content (AvgIpc) is 3.16. The SMILES string of the molecule is CCCCCCOc1ccc(C(=O)OCc2cc(OC(=O)c3ccc(OCCCCCC)cc3)ccc2N=Nc2ccc(CCCC)cc2)cc1. The Morgan fingerprint density at radius 1 is 0.549 bits per heavy atom. The van der Waals surface area contributed by atoms with E-state index in [-0.39, 0.29) is 6.61 Å². The third kappa shape index (κ3) is 13.7. The van der Waals surface area contributed by atoms with Crippen LogP contribution in [0.1, 0.15) is 117 Å². The second kappa shape index (κ2) is 22.0. The van der Waals surface area contributed by atoms with Crippen molar-refractivity contribution >= 4 is 23.3 Å². The third-order valence-electron chi connectivity index (χ3n) is 8.36. The second-order valence-corrected chi connectivity index (χ2v) is 12.6. The minimum Gasteiger partial charge on any atom is -0.494 e. The van der Waals surface area contributed by atoms with Gasteiger partial charge in [-0.25, -0.2) is 9.59 Å². The van der Waals surface area contributed by atoms with E-state index in [4.69, 9.17) is 18.9 Å². The topological polar surface area (TPSA) is 95.8 Å². The summed E-state index contributed by atoms with van der Waals surface area (Å²) in [5.41, 5.74) is 3.78. The van der Waals surface area contributed by atoms with Crippen LogP contribution in [0.25, 0.3) is 0 Å². The molecule has 51 heavy (non-hydrogen) atoms. The molecule has 0 saturated heterocycles. The monoisotopic (exact) mass is 692 g/mol. The molecule has 0 bridgehead atoms. The largest absolute Gasteiger partial charge is 0.494 e. The van der Waals surface area contributed by atoms with Gasteiger partial charge in [-0.05, 0) is 110 Å². The Hall–Kier alpha value is -4.98. The van der Waals surface area contributed by atoms with Crippen LogP contribution in [-0.4, -0.2) is 25.2 Å². The number of hydrogen-bond donors (Lipinski definition) is 0. The van der Waals surface area contributed by atoms with Crippen LogP contribution in [0, 0.1) is 0 Å². The zero-order valence-electron chi connectivity index (χ0n) is 30.4. The van der Waals surface area contributed by atoms with Gasteiger partial charge in [0, 0.05) is 5.56 Å². The van der Waals surface area contributed by atoms with Crippen LogP contribution in [0.3, 0.4) is 0 Å². The fourth-order valence-electron chi connectivity index (χ4n) is 5.27. The van der Waals surface area contributed by atoms with Crippen LogP contribution in [0.15, 0.2) is 101 Å². The van der Waals surface area contributed by atoms with Crippen molar-refractivity contribution in [1.29, 1.82) is 0 Å². The standard InChI is InChI=1S/C43H52N2O6/c1-4-7-10-12-29-48-38-23-17-34(18-24-38)42(46)50-32-36-31-40(27-28-41(36)45-44-37-21-15-33(16-22-37)14-9-6-3)51-43(47)35-19-25-39(26-20-35)49-30-13-11-8-5-2/h15-28,31H,4-14,29-30,32H2,1-3H3. The van der Waals surface area contributed by atoms with Gasteiger partial charge in [0.2, 0.25) is 0 Å². The Balaban J connectivity index is 1.43. The van der Waals surface area contributed by atoms with E-state index in [1.165, 1.54) is 31.2 Å². The van der Waals surface area contributed by atoms with Crippen molar-refractivity contribution in [3.63, 3.8) is 0 Å². The van der Waals surface area contributed by atoms with E-state index >= 15 is 0 Å². The van der Waals surface area contributed by atoms with E-state index in [1.807, 2.05) is 12.1 Å². The number of ether oxygens (including phenoxy) is 4. The molecule has 0 radical (unpaired) electrons. The summed E-state index contributed by atoms with van der Waals surface area (Å²) in [6.45, 7) is 7.71. The molecule has 0 saturated carbocycles. The molecular formula is C43H52N2O6. The number of aryl methyl sites for hydroxylation is 1. The Bertz CT molecular complexity index is 1650. The lowest BCUT2D eigenvalue weighted by molar-refractivity contribution is 0.0472. The number of nitrogens with zero attached hydrogens (tertiary/aromatic N) is 2. The second-order valence-electron chi connectivity index (χ2n) is 12.6. The predicted molar refractivity (Wildman–Crippen MR) is 202 cm³/mol. The maximum absolute atomic E-state index is 13.0. The molecule has 0 aliphatic carbocycles. The number of benzene rings is 4. The first kappa shape index (κ1) is 38.8. The zero-order valence-corrected chi connectivity index (χ0v) is 30.4. The van der Waals surface area contributed by atoms with Gasteiger partial charge in [0.15, 0.2) is 0 Å². The number of azo groups is 1. The van der Waals surface area contributed by atoms with E-state index in [0.717, 1.165) is 44.9 Å². The highest BCUT2D eigenvalue weighted by atomic mass is 16.5. The van der Waals surface area contributed by atoms with Crippen molar-refractivity contribution in [3.8, 4) is 17.2 Å². The number of hydrogen-bond acceptors (Lipinski definition) is 8. The number of unbranched alkanes of at least 4 members (excludes halogenated alkanes) is 7. The highest BCUT2D eigenvalue weighted by Crippen LogP contribution is 2.29. The maximum Gasteiger partial charge on any atom is 0.343 e. The molecular weight excluding hydrogens is 640 g/mol. The van der Waals surface area contributed by atoms with Crippen LogP contribution >= 0.6 is 0 Å². The van der Waals surface area contributed by atoms with Gasteiger partial charge in [-0.1, -0.05) is 77.8 Å². The van der Waals surface area contributed by atoms with Gasteiger partial charge in [-0.3, -0.25) is 0 Å². The van der Waals surface area contributed by atoms with Crippen LogP contribution in [-0.2, 0) is 17.8 Å². The fraction of sp³-hybridized carbons (Fsp3) is 0.395. The summed E-state index contributed by atoms with van der Waals surface area (Å²) < 4.78 is 23.0. The molecule has 0 fully saturated rings. The van der Waals surface area contributed by atoms with Crippen LogP contribution in [0.4, 0.5) is 11.4 Å². The number of esters is 2. The molecule has 8 nitrogen and oxygen atoms in total. The van der Waals surface area contributed by atoms with Crippen LogP contribution in [0.5, 0.6) is 17.2 Å². The van der Waals surface area contributed by atoms with E-state index in [1.54, 1.807) is 66.7 Å². The van der Waals surface area contributed by atoms with Crippen molar-refractivity contribution in [3.05, 3.63) is 113 Å². The quantitative estimate of drug-likeness (QED) is 0.0352. The van der Waals surface area contributed by atoms with E-state index in [0.29, 0.717) is 58.5 Å². The van der Waals surface area contributed by atoms with Gasteiger partial charge in [0.1, 0.15) is 23.9 Å². The molecule has 0 amide bonds. The van der Waals surface area contributed by atoms with Crippen molar-refractivity contribution in [1.82, 2.24) is 0 Å². The molecule has 0 spiro atoms. The Kier molecular flexibility index (Phi) is 16.7. The minimum atomic E-state index is -0.516. The molecule has 0 aliphatic heterocycles. The summed E-state index contributed by atoms with van der Waals surface area (Å²) in [6.07, 6.45) is 12.3. The predicted octanol–water partition coefficient (Wildman–Crippen LogP) is 11.9. The van der Waals surface area contributed by atoms with Crippen molar-refractivity contribution in [2.45, 2.75) is 98.0 Å². The van der Waals surface area contributed by atoms with Crippen molar-refractivity contribution < 1.29 is 28.5 Å². The Labute approximate surface area is 303 Å². The molecule has 4 aromatic carbocycles. The van der Waals surface area contributed by atoms with Gasteiger partial charge < -0.3 is 18.9 Å². The van der Waals surface area contributed by atoms with Gasteiger partial charge in [0.25, 0.3) is 0 Å². The fourth-order valence-corrected chi connectivity index (χ4v) is 5.27. The maximum atomic E-state index is 13.0. The summed E-state index contributed by atoms with van der Waals surface area (Å²) in [6, 6.07) is 26.8. The lowest BCUT2D eigenvalue weighted by Crippen LogP contribution is -2.09. The molecule has 0 N–H and O–H groups in total. The van der Waals surface area contributed by atoms with Crippen LogP contribution in [0.2, 0.25) is 0 Å². The lowest BCUT2D eigenvalue weighted by Gasteiger charge is -2.11. The normalized spacial score (nSPS) is 11.0. The molecule has 0 atom stereocenters. The summed E-state index contributed by atoms with van der Waals surface area (Å²) in [5, 5.41) is 8.90. The average molecular weight is 693 g/mol. The summed E-state index contributed by atoms with van der Waals surface area (Å²) in [4.78, 5) is 26.1. The Morgan fingerprint density at radius 2 is 1.10 bits per heavy atom. The molecule has 0 aliphatic rings. The third-order valence-corrected chi connectivity index (χ3v) is 8.36. The molecule has 0 aromatic heterocycles. The lowest BCUT2D eigenvalue weighted by atomic mass is 10.1. The molecule has 270 valence electrons. The van der Waals surface area contributed by atoms with Gasteiger partial charge in [-0.15, -0.1) is 0 Å². The van der Waals surface area contributed by atoms with Gasteiger partial charge >= 0.3 is 11.9 Å². The van der Waals surface area contributed by atoms with Crippen molar-refractivity contribution in [2.75, 3.05) is 13.2 Å². The van der Waals surface area contributed by atoms with E-state index < -0.39 is 11.9 Å². The molecule has 8 heteroatoms. The van der Waals surface area contributed by atoms with E-state index in [2.05, 4.69) is 43.1 Å². The highest BCUT2D eigenvalue weighted by Gasteiger charge is 2.14. The molecule has 4 rings (SSSR count). The number of carbonyl (C=O) groups excluding carboxylic acids is 2. The highest BCUT2D eigenvalue weighted by molar-refractivity contribution is 5.91. The molecule has 0 heterocycles. The van der Waals surface area contributed by atoms with Gasteiger partial charge in [-0.2, -0.15) is 10.2 Å². The summed E-state index contributed by atoms with van der Waals surface area (Å²) in [5.74, 6) is 0.704. The first-order valence-electron chi connectivity index (χ1n) is 18.5. The van der Waals surface area contributed by atoms with E-state index in [9.17, 15) is 9.59 Å². The van der Waals surface area contributed by atoms with Gasteiger partial charge in [0.05, 0.1) is 35.7 Å². The summed E-state index contributed by atoms with van der Waals surface area (Å²) >= 11 is 0. The summed E-state index contributed by atoms with van der Waals surface area (Å²) in [7, 11) is 0. The minimum absolute atomic E-state index is 0.103. The number of rotatable bonds is 22. The zero-order chi connectivity index (χ0) is 36.1. The van der Waals surface area contributed by atoms with Crippen molar-refractivity contribution in [2.24, 2.45) is 10.2 Å². The van der Waals surface area contributed by atoms with Crippen LogP contribution < -0.4 is 14.2 Å². The first-order chi connectivity index (χ1) is 25.0. The Morgan fingerprint density at radius 3 is 1.67 bits per heavy atom. The molecule has 0 unspecified atom stereocenters. The smallest absolute Gasteiger partial charge is 0.343 e. The molecule has 4 aromatic rings. The number of carbonyl (C=O) groups is 2. The first-order valence-corrected chi connectivity index (χ1v) is 18.5.